The molecule has 3 aromatic rings. The fourth-order valence-electron chi connectivity index (χ4n) is 4.28. The van der Waals surface area contributed by atoms with Crippen LogP contribution in [0.1, 0.15) is 21.5 Å². The lowest BCUT2D eigenvalue weighted by molar-refractivity contribution is -0.139. The molecular formula is C25H24F3N5O4. The summed E-state index contributed by atoms with van der Waals surface area (Å²) in [4.78, 5) is 24.0. The van der Waals surface area contributed by atoms with Crippen LogP contribution in [0.2, 0.25) is 0 Å². The molecular weight excluding hydrogens is 491 g/mol. The van der Waals surface area contributed by atoms with Gasteiger partial charge < -0.3 is 29.3 Å². The number of carbonyl (C=O) groups is 1. The minimum absolute atomic E-state index is 0.00514. The Balaban J connectivity index is 1.46. The molecule has 0 aliphatic carbocycles. The lowest BCUT2D eigenvalue weighted by Gasteiger charge is -2.29. The highest BCUT2D eigenvalue weighted by Crippen LogP contribution is 2.40. The Bertz CT molecular complexity index is 1330. The first kappa shape index (κ1) is 24.6. The summed E-state index contributed by atoms with van der Waals surface area (Å²) in [6, 6.07) is 10.2. The summed E-state index contributed by atoms with van der Waals surface area (Å²) in [7, 11) is 3.10. The second kappa shape index (κ2) is 9.77. The molecule has 194 valence electrons. The van der Waals surface area contributed by atoms with Crippen LogP contribution in [-0.2, 0) is 17.5 Å². The summed E-state index contributed by atoms with van der Waals surface area (Å²) in [6.45, 7) is 3.06. The van der Waals surface area contributed by atoms with E-state index in [-0.39, 0.29) is 23.2 Å². The van der Waals surface area contributed by atoms with E-state index in [0.29, 0.717) is 43.0 Å². The average molecular weight is 515 g/mol. The quantitative estimate of drug-likeness (QED) is 0.515. The molecule has 5 rings (SSSR count). The summed E-state index contributed by atoms with van der Waals surface area (Å²) >= 11 is 0. The third-order valence-corrected chi connectivity index (χ3v) is 6.15. The molecule has 0 atom stereocenters. The van der Waals surface area contributed by atoms with Gasteiger partial charge in [0.15, 0.2) is 0 Å². The molecule has 1 N–H and O–H groups in total. The zero-order valence-corrected chi connectivity index (χ0v) is 20.1. The Morgan fingerprint density at radius 1 is 1.11 bits per heavy atom. The van der Waals surface area contributed by atoms with Crippen LogP contribution in [-0.4, -0.2) is 61.2 Å². The van der Waals surface area contributed by atoms with Gasteiger partial charge in [0.05, 0.1) is 31.6 Å². The number of ether oxygens (including phenoxy) is 3. The van der Waals surface area contributed by atoms with Crippen LogP contribution in [0.3, 0.4) is 0 Å². The molecule has 9 nitrogen and oxygen atoms in total. The summed E-state index contributed by atoms with van der Waals surface area (Å²) < 4.78 is 57.8. The highest BCUT2D eigenvalue weighted by molar-refractivity contribution is 6.00. The number of benzene rings is 2. The molecule has 2 aliphatic heterocycles. The van der Waals surface area contributed by atoms with Gasteiger partial charge in [-0.25, -0.2) is 4.98 Å². The number of carbonyl (C=O) groups excluding carboxylic acids is 1. The molecule has 0 radical (unpaired) electrons. The first-order valence-electron chi connectivity index (χ1n) is 11.5. The molecule has 3 heterocycles. The lowest BCUT2D eigenvalue weighted by Crippen LogP contribution is -2.36. The SMILES string of the molecule is COc1cc(N2CCOCC2)ccc1Nc1ncc(C(F)(F)F)c(Oc2cccc3c2C(=O)N(C)C3)n1. The van der Waals surface area contributed by atoms with Gasteiger partial charge in [0, 0.05) is 44.6 Å². The predicted octanol–water partition coefficient (Wildman–Crippen LogP) is 4.46. The lowest BCUT2D eigenvalue weighted by atomic mass is 10.1. The van der Waals surface area contributed by atoms with Gasteiger partial charge in [-0.1, -0.05) is 12.1 Å². The van der Waals surface area contributed by atoms with E-state index in [2.05, 4.69) is 20.2 Å². The van der Waals surface area contributed by atoms with Crippen molar-refractivity contribution in [3.63, 3.8) is 0 Å². The molecule has 2 aliphatic rings. The highest BCUT2D eigenvalue weighted by atomic mass is 19.4. The van der Waals surface area contributed by atoms with Crippen molar-refractivity contribution < 1.29 is 32.2 Å². The average Bonchev–Trinajstić information content (AvgIpc) is 3.18. The van der Waals surface area contributed by atoms with Crippen LogP contribution in [0, 0.1) is 0 Å². The molecule has 37 heavy (non-hydrogen) atoms. The summed E-state index contributed by atoms with van der Waals surface area (Å²) in [5.41, 5.74) is 1.10. The maximum atomic E-state index is 13.8. The number of methoxy groups -OCH3 is 1. The normalized spacial score (nSPS) is 15.5. The second-order valence-corrected chi connectivity index (χ2v) is 8.57. The molecule has 2 aromatic carbocycles. The van der Waals surface area contributed by atoms with Gasteiger partial charge in [-0.2, -0.15) is 18.2 Å². The second-order valence-electron chi connectivity index (χ2n) is 8.57. The summed E-state index contributed by atoms with van der Waals surface area (Å²) in [6.07, 6.45) is -4.12. The van der Waals surface area contributed by atoms with Crippen LogP contribution in [0.5, 0.6) is 17.4 Å². The smallest absolute Gasteiger partial charge is 0.423 e. The Labute approximate surface area is 210 Å². The van der Waals surface area contributed by atoms with E-state index in [1.54, 1.807) is 25.2 Å². The minimum atomic E-state index is -4.77. The molecule has 12 heteroatoms. The largest absolute Gasteiger partial charge is 0.494 e. The van der Waals surface area contributed by atoms with E-state index >= 15 is 0 Å². The highest BCUT2D eigenvalue weighted by Gasteiger charge is 2.37. The number of nitrogens with zero attached hydrogens (tertiary/aromatic N) is 4. The van der Waals surface area contributed by atoms with Crippen LogP contribution in [0.15, 0.2) is 42.6 Å². The molecule has 0 bridgehead atoms. The fourth-order valence-corrected chi connectivity index (χ4v) is 4.28. The summed E-state index contributed by atoms with van der Waals surface area (Å²) in [5, 5.41) is 2.91. The van der Waals surface area contributed by atoms with E-state index in [1.165, 1.54) is 18.1 Å². The minimum Gasteiger partial charge on any atom is -0.494 e. The van der Waals surface area contributed by atoms with Gasteiger partial charge in [-0.3, -0.25) is 4.79 Å². The number of hydrogen-bond donors (Lipinski definition) is 1. The number of anilines is 3. The fraction of sp³-hybridized carbons (Fsp3) is 0.320. The third-order valence-electron chi connectivity index (χ3n) is 6.15. The molecule has 1 saturated heterocycles. The molecule has 1 amide bonds. The van der Waals surface area contributed by atoms with Gasteiger partial charge in [0.2, 0.25) is 11.8 Å². The van der Waals surface area contributed by atoms with Crippen molar-refractivity contribution in [1.82, 2.24) is 14.9 Å². The molecule has 0 spiro atoms. The van der Waals surface area contributed by atoms with Crippen molar-refractivity contribution in [2.24, 2.45) is 0 Å². The first-order chi connectivity index (χ1) is 17.7. The van der Waals surface area contributed by atoms with Gasteiger partial charge in [-0.15, -0.1) is 0 Å². The number of rotatable bonds is 6. The topological polar surface area (TPSA) is 89.1 Å². The Kier molecular flexibility index (Phi) is 6.50. The van der Waals surface area contributed by atoms with E-state index < -0.39 is 17.6 Å². The van der Waals surface area contributed by atoms with Gasteiger partial charge in [0.1, 0.15) is 17.1 Å². The van der Waals surface area contributed by atoms with E-state index in [1.807, 2.05) is 12.1 Å². The van der Waals surface area contributed by atoms with Crippen molar-refractivity contribution in [1.29, 1.82) is 0 Å². The van der Waals surface area contributed by atoms with Crippen LogP contribution < -0.4 is 19.7 Å². The molecule has 1 aromatic heterocycles. The van der Waals surface area contributed by atoms with Gasteiger partial charge >= 0.3 is 6.18 Å². The van der Waals surface area contributed by atoms with Crippen molar-refractivity contribution in [2.75, 3.05) is 50.7 Å². The van der Waals surface area contributed by atoms with Crippen molar-refractivity contribution in [3.8, 4) is 17.4 Å². The van der Waals surface area contributed by atoms with Crippen LogP contribution in [0.25, 0.3) is 0 Å². The predicted molar refractivity (Wildman–Crippen MR) is 129 cm³/mol. The van der Waals surface area contributed by atoms with E-state index in [0.717, 1.165) is 18.8 Å². The van der Waals surface area contributed by atoms with Crippen molar-refractivity contribution in [3.05, 3.63) is 59.3 Å². The Morgan fingerprint density at radius 2 is 1.89 bits per heavy atom. The number of halogens is 3. The molecule has 1 fully saturated rings. The van der Waals surface area contributed by atoms with Gasteiger partial charge in [-0.05, 0) is 23.8 Å². The van der Waals surface area contributed by atoms with Crippen LogP contribution >= 0.6 is 0 Å². The number of alkyl halides is 3. The third kappa shape index (κ3) is 4.96. The first-order valence-corrected chi connectivity index (χ1v) is 11.5. The van der Waals surface area contributed by atoms with Crippen LogP contribution in [0.4, 0.5) is 30.5 Å². The number of nitrogens with one attached hydrogen (secondary N) is 1. The van der Waals surface area contributed by atoms with Gasteiger partial charge in [0.25, 0.3) is 5.91 Å². The Morgan fingerprint density at radius 3 is 2.62 bits per heavy atom. The maximum absolute atomic E-state index is 13.8. The zero-order chi connectivity index (χ0) is 26.2. The monoisotopic (exact) mass is 515 g/mol. The standard InChI is InChI=1S/C25H24F3N5O4/c1-32-14-15-4-3-5-19(21(15)23(32)34)37-22-17(25(26,27)28)13-29-24(31-22)30-18-7-6-16(12-20(18)35-2)33-8-10-36-11-9-33/h3-7,12-13H,8-11,14H2,1-2H3,(H,29,30,31). The number of fused-ring (bicyclic) bond motifs is 1. The van der Waals surface area contributed by atoms with Crippen molar-refractivity contribution >= 4 is 23.2 Å². The number of amides is 1. The molecule has 0 unspecified atom stereocenters. The van der Waals surface area contributed by atoms with Crippen molar-refractivity contribution in [2.45, 2.75) is 12.7 Å². The number of aromatic nitrogens is 2. The number of hydrogen-bond acceptors (Lipinski definition) is 8. The Hall–Kier alpha value is -4.06. The zero-order valence-electron chi connectivity index (χ0n) is 20.1. The van der Waals surface area contributed by atoms with E-state index in [9.17, 15) is 18.0 Å². The number of morpholine rings is 1. The summed E-state index contributed by atoms with van der Waals surface area (Å²) in [5.74, 6) is -0.725. The maximum Gasteiger partial charge on any atom is 0.423 e. The van der Waals surface area contributed by atoms with E-state index in [4.69, 9.17) is 14.2 Å². The molecule has 0 saturated carbocycles.